The zero-order valence-corrected chi connectivity index (χ0v) is 14.3. The number of hydrogen-bond acceptors (Lipinski definition) is 4. The second kappa shape index (κ2) is 7.85. The largest absolute Gasteiger partial charge is 0.494 e. The molecule has 8 heteroatoms. The minimum absolute atomic E-state index is 0.0596. The predicted molar refractivity (Wildman–Crippen MR) is 91.9 cm³/mol. The van der Waals surface area contributed by atoms with E-state index in [4.69, 9.17) is 21.1 Å². The molecule has 7 nitrogen and oxygen atoms in total. The van der Waals surface area contributed by atoms with Crippen molar-refractivity contribution >= 4 is 34.8 Å². The summed E-state index contributed by atoms with van der Waals surface area (Å²) in [7, 11) is 4.64. The number of amides is 2. The van der Waals surface area contributed by atoms with Gasteiger partial charge in [-0.05, 0) is 18.2 Å². The van der Waals surface area contributed by atoms with Gasteiger partial charge in [-0.2, -0.15) is 0 Å². The van der Waals surface area contributed by atoms with Crippen molar-refractivity contribution in [3.8, 4) is 5.75 Å². The summed E-state index contributed by atoms with van der Waals surface area (Å²) in [5.74, 6) is -0.184. The molecular weight excluding hydrogens is 334 g/mol. The topological polar surface area (TPSA) is 81.6 Å². The van der Waals surface area contributed by atoms with Crippen LogP contribution in [0.3, 0.4) is 0 Å². The van der Waals surface area contributed by atoms with Gasteiger partial charge in [-0.15, -0.1) is 0 Å². The average molecular weight is 352 g/mol. The van der Waals surface area contributed by atoms with Crippen molar-refractivity contribution in [2.24, 2.45) is 7.05 Å². The molecule has 2 aromatic rings. The number of benzene rings is 1. The summed E-state index contributed by atoms with van der Waals surface area (Å²) < 4.78 is 11.6. The molecule has 0 radical (unpaired) electrons. The highest BCUT2D eigenvalue weighted by Gasteiger charge is 2.13. The second-order valence-corrected chi connectivity index (χ2v) is 5.44. The number of nitrogens with zero attached hydrogens (tertiary/aromatic N) is 1. The summed E-state index contributed by atoms with van der Waals surface area (Å²) in [5.41, 5.74) is 1.44. The number of halogens is 1. The fourth-order valence-electron chi connectivity index (χ4n) is 2.13. The number of hydrogen-bond donors (Lipinski definition) is 2. The summed E-state index contributed by atoms with van der Waals surface area (Å²) in [6.07, 6.45) is 1.64. The number of carbonyl (C=O) groups is 2. The van der Waals surface area contributed by atoms with Crippen LogP contribution < -0.4 is 15.4 Å². The quantitative estimate of drug-likeness (QED) is 0.838. The Labute approximate surface area is 144 Å². The Morgan fingerprint density at radius 3 is 2.54 bits per heavy atom. The first kappa shape index (κ1) is 17.8. The van der Waals surface area contributed by atoms with E-state index in [1.807, 2.05) is 0 Å². The van der Waals surface area contributed by atoms with E-state index in [1.54, 1.807) is 42.1 Å². The summed E-state index contributed by atoms with van der Waals surface area (Å²) in [6, 6.07) is 6.49. The second-order valence-electron chi connectivity index (χ2n) is 5.00. The maximum Gasteiger partial charge on any atom is 0.272 e. The zero-order valence-electron chi connectivity index (χ0n) is 13.6. The molecule has 2 rings (SSSR count). The lowest BCUT2D eigenvalue weighted by atomic mass is 10.2. The lowest BCUT2D eigenvalue weighted by Gasteiger charge is -2.12. The standard InChI is InChI=1S/C16H18ClN3O4/c1-20-8-10(17)6-13(20)16(22)18-11-4-5-12(14(7-11)24-3)19-15(21)9-23-2/h4-8H,9H2,1-3H3,(H,18,22)(H,19,21). The Morgan fingerprint density at radius 1 is 1.21 bits per heavy atom. The third-order valence-electron chi connectivity index (χ3n) is 3.21. The van der Waals surface area contributed by atoms with Crippen molar-refractivity contribution in [3.05, 3.63) is 41.2 Å². The van der Waals surface area contributed by atoms with Crippen LogP contribution in [0.4, 0.5) is 11.4 Å². The van der Waals surface area contributed by atoms with Gasteiger partial charge in [-0.3, -0.25) is 9.59 Å². The highest BCUT2D eigenvalue weighted by molar-refractivity contribution is 6.31. The summed E-state index contributed by atoms with van der Waals surface area (Å²) in [4.78, 5) is 23.9. The predicted octanol–water partition coefficient (Wildman–Crippen LogP) is 2.52. The Bertz CT molecular complexity index is 758. The highest BCUT2D eigenvalue weighted by atomic mass is 35.5. The van der Waals surface area contributed by atoms with E-state index in [0.717, 1.165) is 0 Å². The van der Waals surface area contributed by atoms with Gasteiger partial charge >= 0.3 is 0 Å². The minimum atomic E-state index is -0.303. The van der Waals surface area contributed by atoms with E-state index < -0.39 is 0 Å². The van der Waals surface area contributed by atoms with E-state index in [-0.39, 0.29) is 18.4 Å². The molecule has 0 saturated heterocycles. The maximum absolute atomic E-state index is 12.3. The third-order valence-corrected chi connectivity index (χ3v) is 3.42. The highest BCUT2D eigenvalue weighted by Crippen LogP contribution is 2.28. The van der Waals surface area contributed by atoms with Crippen LogP contribution in [0.15, 0.2) is 30.5 Å². The van der Waals surface area contributed by atoms with Crippen molar-refractivity contribution in [1.29, 1.82) is 0 Å². The van der Waals surface area contributed by atoms with Gasteiger partial charge in [0.1, 0.15) is 18.1 Å². The molecule has 0 fully saturated rings. The number of ether oxygens (including phenoxy) is 2. The molecule has 2 N–H and O–H groups in total. The van der Waals surface area contributed by atoms with E-state index in [9.17, 15) is 9.59 Å². The smallest absolute Gasteiger partial charge is 0.272 e. The van der Waals surface area contributed by atoms with E-state index in [0.29, 0.717) is 27.8 Å². The first-order valence-electron chi connectivity index (χ1n) is 7.04. The third kappa shape index (κ3) is 4.27. The summed E-state index contributed by atoms with van der Waals surface area (Å²) >= 11 is 5.88. The molecule has 24 heavy (non-hydrogen) atoms. The first-order chi connectivity index (χ1) is 11.4. The maximum atomic E-state index is 12.3. The van der Waals surface area contributed by atoms with Gasteiger partial charge in [-0.1, -0.05) is 11.6 Å². The van der Waals surface area contributed by atoms with Crippen molar-refractivity contribution in [2.75, 3.05) is 31.5 Å². The van der Waals surface area contributed by atoms with E-state index in [1.165, 1.54) is 14.2 Å². The van der Waals surface area contributed by atoms with Crippen LogP contribution in [0.1, 0.15) is 10.5 Å². The number of methoxy groups -OCH3 is 2. The molecule has 1 heterocycles. The molecule has 2 amide bonds. The lowest BCUT2D eigenvalue weighted by molar-refractivity contribution is -0.119. The summed E-state index contributed by atoms with van der Waals surface area (Å²) in [5, 5.41) is 5.90. The molecule has 0 spiro atoms. The number of aryl methyl sites for hydroxylation is 1. The monoisotopic (exact) mass is 351 g/mol. The zero-order chi connectivity index (χ0) is 17.7. The molecule has 1 aromatic heterocycles. The first-order valence-corrected chi connectivity index (χ1v) is 7.42. The van der Waals surface area contributed by atoms with Crippen LogP contribution in [0.25, 0.3) is 0 Å². The van der Waals surface area contributed by atoms with Crippen molar-refractivity contribution < 1.29 is 19.1 Å². The van der Waals surface area contributed by atoms with Crippen LogP contribution in [0.2, 0.25) is 5.02 Å². The van der Waals surface area contributed by atoms with Gasteiger partial charge in [0.25, 0.3) is 5.91 Å². The SMILES string of the molecule is COCC(=O)Nc1ccc(NC(=O)c2cc(Cl)cn2C)cc1OC. The Hall–Kier alpha value is -2.51. The van der Waals surface area contributed by atoms with E-state index >= 15 is 0 Å². The average Bonchev–Trinajstić information content (AvgIpc) is 2.87. The molecule has 0 saturated carbocycles. The minimum Gasteiger partial charge on any atom is -0.494 e. The van der Waals surface area contributed by atoms with Crippen LogP contribution >= 0.6 is 11.6 Å². The molecular formula is C16H18ClN3O4. The fraction of sp³-hybridized carbons (Fsp3) is 0.250. The number of carbonyl (C=O) groups excluding carboxylic acids is 2. The molecule has 1 aromatic carbocycles. The molecule has 0 aliphatic carbocycles. The van der Waals surface area contributed by atoms with Crippen LogP contribution in [-0.4, -0.2) is 37.2 Å². The van der Waals surface area contributed by atoms with Gasteiger partial charge in [0.2, 0.25) is 5.91 Å². The number of anilines is 2. The number of rotatable bonds is 6. The fourth-order valence-corrected chi connectivity index (χ4v) is 2.38. The van der Waals surface area contributed by atoms with Gasteiger partial charge in [0.05, 0.1) is 17.8 Å². The molecule has 128 valence electrons. The molecule has 0 unspecified atom stereocenters. The van der Waals surface area contributed by atoms with Gasteiger partial charge < -0.3 is 24.7 Å². The molecule has 0 bridgehead atoms. The Balaban J connectivity index is 2.15. The van der Waals surface area contributed by atoms with Crippen molar-refractivity contribution in [3.63, 3.8) is 0 Å². The van der Waals surface area contributed by atoms with Crippen LogP contribution in [-0.2, 0) is 16.6 Å². The van der Waals surface area contributed by atoms with Crippen molar-refractivity contribution in [1.82, 2.24) is 4.57 Å². The summed E-state index contributed by atoms with van der Waals surface area (Å²) in [6.45, 7) is -0.0596. The van der Waals surface area contributed by atoms with Gasteiger partial charge in [0, 0.05) is 32.1 Å². The normalized spacial score (nSPS) is 10.3. The van der Waals surface area contributed by atoms with Gasteiger partial charge in [0.15, 0.2) is 0 Å². The Morgan fingerprint density at radius 2 is 1.96 bits per heavy atom. The van der Waals surface area contributed by atoms with Gasteiger partial charge in [-0.25, -0.2) is 0 Å². The number of aromatic nitrogens is 1. The Kier molecular flexibility index (Phi) is 5.83. The van der Waals surface area contributed by atoms with E-state index in [2.05, 4.69) is 10.6 Å². The molecule has 0 aliphatic heterocycles. The lowest BCUT2D eigenvalue weighted by Crippen LogP contribution is -2.18. The number of nitrogens with one attached hydrogen (secondary N) is 2. The molecule has 0 aliphatic rings. The van der Waals surface area contributed by atoms with Crippen molar-refractivity contribution in [2.45, 2.75) is 0 Å². The molecule has 0 atom stereocenters. The van der Waals surface area contributed by atoms with Crippen LogP contribution in [0, 0.1) is 0 Å². The van der Waals surface area contributed by atoms with Crippen LogP contribution in [0.5, 0.6) is 5.75 Å².